The van der Waals surface area contributed by atoms with Crippen LogP contribution in [0.2, 0.25) is 0 Å². The molecule has 3 heterocycles. The molecule has 0 bridgehead atoms. The van der Waals surface area contributed by atoms with E-state index in [0.717, 1.165) is 30.8 Å². The normalized spacial score (nSPS) is 14.9. The molecule has 1 N–H and O–H groups in total. The number of sulfone groups is 1. The smallest absolute Gasteiger partial charge is 0.225 e. The van der Waals surface area contributed by atoms with E-state index in [2.05, 4.69) is 15.1 Å². The van der Waals surface area contributed by atoms with Gasteiger partial charge in [-0.05, 0) is 25.8 Å². The highest BCUT2D eigenvalue weighted by Gasteiger charge is 2.22. The zero-order valence-electron chi connectivity index (χ0n) is 10.0. The van der Waals surface area contributed by atoms with E-state index in [1.165, 1.54) is 6.20 Å². The van der Waals surface area contributed by atoms with Crippen LogP contribution in [-0.4, -0.2) is 28.2 Å². The van der Waals surface area contributed by atoms with Gasteiger partial charge in [0.2, 0.25) is 15.0 Å². The van der Waals surface area contributed by atoms with Gasteiger partial charge in [-0.1, -0.05) is 0 Å². The second-order valence-corrected chi connectivity index (χ2v) is 6.49. The van der Waals surface area contributed by atoms with Crippen LogP contribution in [0.25, 0.3) is 0 Å². The Morgan fingerprint density at radius 1 is 1.50 bits per heavy atom. The van der Waals surface area contributed by atoms with Crippen LogP contribution in [0.15, 0.2) is 17.4 Å². The van der Waals surface area contributed by atoms with Crippen molar-refractivity contribution in [1.29, 1.82) is 0 Å². The molecule has 0 spiro atoms. The summed E-state index contributed by atoms with van der Waals surface area (Å²) in [5.41, 5.74) is 2.45. The molecular formula is C11H14N4O2S. The summed E-state index contributed by atoms with van der Waals surface area (Å²) in [6.07, 6.45) is 3.58. The van der Waals surface area contributed by atoms with Crippen molar-refractivity contribution in [2.45, 2.75) is 37.2 Å². The molecule has 2 aromatic rings. The summed E-state index contributed by atoms with van der Waals surface area (Å²) in [4.78, 5) is 6.62. The molecule has 0 unspecified atom stereocenters. The van der Waals surface area contributed by atoms with E-state index >= 15 is 0 Å². The first-order valence-electron chi connectivity index (χ1n) is 5.84. The summed E-state index contributed by atoms with van der Waals surface area (Å²) >= 11 is 0. The maximum atomic E-state index is 12.1. The summed E-state index contributed by atoms with van der Waals surface area (Å²) < 4.78 is 26.1. The molecule has 0 aromatic carbocycles. The second-order valence-electron chi connectivity index (χ2n) is 4.58. The van der Waals surface area contributed by atoms with E-state index in [-0.39, 0.29) is 10.9 Å². The van der Waals surface area contributed by atoms with Gasteiger partial charge in [-0.15, -0.1) is 0 Å². The standard InChI is InChI=1S/C11H14N4O2S/c1-8-6-12-11(13-8)18(16,17)7-9-5-10-3-2-4-15(10)14-9/h5-6H,2-4,7H2,1H3,(H,12,13). The van der Waals surface area contributed by atoms with Crippen molar-refractivity contribution in [3.8, 4) is 0 Å². The maximum Gasteiger partial charge on any atom is 0.225 e. The van der Waals surface area contributed by atoms with Crippen molar-refractivity contribution in [1.82, 2.24) is 19.7 Å². The molecule has 18 heavy (non-hydrogen) atoms. The Morgan fingerprint density at radius 3 is 3.00 bits per heavy atom. The van der Waals surface area contributed by atoms with Crippen LogP contribution in [-0.2, 0) is 28.6 Å². The lowest BCUT2D eigenvalue weighted by Gasteiger charge is -1.98. The van der Waals surface area contributed by atoms with Crippen LogP contribution in [0.4, 0.5) is 0 Å². The number of fused-ring (bicyclic) bond motifs is 1. The topological polar surface area (TPSA) is 80.6 Å². The minimum atomic E-state index is -3.42. The fourth-order valence-electron chi connectivity index (χ4n) is 2.20. The second kappa shape index (κ2) is 3.94. The van der Waals surface area contributed by atoms with Crippen LogP contribution in [0, 0.1) is 6.92 Å². The molecule has 0 amide bonds. The Hall–Kier alpha value is -1.63. The number of nitrogens with zero attached hydrogens (tertiary/aromatic N) is 3. The number of hydrogen-bond acceptors (Lipinski definition) is 4. The van der Waals surface area contributed by atoms with Gasteiger partial charge in [0.1, 0.15) is 5.75 Å². The molecule has 2 aromatic heterocycles. The fourth-order valence-corrected chi connectivity index (χ4v) is 3.40. The zero-order chi connectivity index (χ0) is 12.8. The van der Waals surface area contributed by atoms with Gasteiger partial charge in [0.05, 0.1) is 5.69 Å². The number of rotatable bonds is 3. The third-order valence-corrected chi connectivity index (χ3v) is 4.50. The van der Waals surface area contributed by atoms with E-state index in [9.17, 15) is 8.42 Å². The summed E-state index contributed by atoms with van der Waals surface area (Å²) in [6.45, 7) is 2.66. The van der Waals surface area contributed by atoms with Gasteiger partial charge in [0.25, 0.3) is 0 Å². The molecule has 1 aliphatic heterocycles. The summed E-state index contributed by atoms with van der Waals surface area (Å²) in [7, 11) is -3.42. The lowest BCUT2D eigenvalue weighted by molar-refractivity contribution is 0.585. The van der Waals surface area contributed by atoms with Crippen LogP contribution < -0.4 is 0 Å². The molecule has 7 heteroatoms. The molecule has 0 saturated carbocycles. The van der Waals surface area contributed by atoms with Crippen LogP contribution in [0.1, 0.15) is 23.5 Å². The predicted molar refractivity (Wildman–Crippen MR) is 64.8 cm³/mol. The third-order valence-electron chi connectivity index (χ3n) is 3.03. The van der Waals surface area contributed by atoms with E-state index in [0.29, 0.717) is 5.69 Å². The number of aryl methyl sites for hydroxylation is 3. The first kappa shape index (κ1) is 11.5. The average Bonchev–Trinajstić information content (AvgIpc) is 2.92. The number of hydrogen-bond donors (Lipinski definition) is 1. The molecule has 0 saturated heterocycles. The van der Waals surface area contributed by atoms with Crippen molar-refractivity contribution >= 4 is 9.84 Å². The lowest BCUT2D eigenvalue weighted by atomic mass is 10.3. The monoisotopic (exact) mass is 266 g/mol. The molecule has 6 nitrogen and oxygen atoms in total. The number of nitrogens with one attached hydrogen (secondary N) is 1. The highest BCUT2D eigenvalue weighted by molar-refractivity contribution is 7.90. The summed E-state index contributed by atoms with van der Waals surface area (Å²) in [6, 6.07) is 1.88. The quantitative estimate of drug-likeness (QED) is 0.892. The molecular weight excluding hydrogens is 252 g/mol. The lowest BCUT2D eigenvalue weighted by Crippen LogP contribution is -2.08. The number of aromatic amines is 1. The van der Waals surface area contributed by atoms with Gasteiger partial charge in [0, 0.05) is 24.1 Å². The van der Waals surface area contributed by atoms with Crippen molar-refractivity contribution in [2.75, 3.05) is 0 Å². The van der Waals surface area contributed by atoms with Crippen molar-refractivity contribution in [3.05, 3.63) is 29.3 Å². The average molecular weight is 266 g/mol. The number of aromatic nitrogens is 4. The molecule has 0 aliphatic carbocycles. The number of imidazole rings is 1. The number of H-pyrrole nitrogens is 1. The van der Waals surface area contributed by atoms with Gasteiger partial charge >= 0.3 is 0 Å². The summed E-state index contributed by atoms with van der Waals surface area (Å²) in [5.74, 6) is -0.0973. The Labute approximate surface area is 105 Å². The zero-order valence-corrected chi connectivity index (χ0v) is 10.9. The minimum absolute atomic E-state index is 0.0214. The van der Waals surface area contributed by atoms with E-state index in [4.69, 9.17) is 0 Å². The van der Waals surface area contributed by atoms with Gasteiger partial charge < -0.3 is 4.98 Å². The minimum Gasteiger partial charge on any atom is -0.333 e. The van der Waals surface area contributed by atoms with E-state index in [1.54, 1.807) is 6.92 Å². The van der Waals surface area contributed by atoms with Gasteiger partial charge in [0.15, 0.2) is 0 Å². The largest absolute Gasteiger partial charge is 0.333 e. The molecule has 3 rings (SSSR count). The summed E-state index contributed by atoms with van der Waals surface area (Å²) in [5, 5.41) is 4.33. The van der Waals surface area contributed by atoms with Gasteiger partial charge in [-0.2, -0.15) is 5.10 Å². The van der Waals surface area contributed by atoms with Gasteiger partial charge in [-0.25, -0.2) is 13.4 Å². The molecule has 1 aliphatic rings. The Bertz CT molecular complexity index is 662. The van der Waals surface area contributed by atoms with Crippen LogP contribution in [0.5, 0.6) is 0 Å². The maximum absolute atomic E-state index is 12.1. The highest BCUT2D eigenvalue weighted by atomic mass is 32.2. The van der Waals surface area contributed by atoms with Crippen molar-refractivity contribution in [2.24, 2.45) is 0 Å². The Morgan fingerprint density at radius 2 is 2.33 bits per heavy atom. The van der Waals surface area contributed by atoms with Crippen LogP contribution >= 0.6 is 0 Å². The third kappa shape index (κ3) is 1.94. The fraction of sp³-hybridized carbons (Fsp3) is 0.455. The first-order chi connectivity index (χ1) is 8.54. The first-order valence-corrected chi connectivity index (χ1v) is 7.50. The Balaban J connectivity index is 1.87. The highest BCUT2D eigenvalue weighted by Crippen LogP contribution is 2.18. The molecule has 0 atom stereocenters. The molecule has 0 radical (unpaired) electrons. The van der Waals surface area contributed by atoms with Crippen LogP contribution in [0.3, 0.4) is 0 Å². The van der Waals surface area contributed by atoms with Gasteiger partial charge in [-0.3, -0.25) is 4.68 Å². The predicted octanol–water partition coefficient (Wildman–Crippen LogP) is 0.835. The van der Waals surface area contributed by atoms with Crippen molar-refractivity contribution < 1.29 is 8.42 Å². The molecule has 0 fully saturated rings. The Kier molecular flexibility index (Phi) is 2.51. The molecule has 96 valence electrons. The van der Waals surface area contributed by atoms with Crippen molar-refractivity contribution in [3.63, 3.8) is 0 Å². The van der Waals surface area contributed by atoms with E-state index < -0.39 is 9.84 Å². The van der Waals surface area contributed by atoms with E-state index in [1.807, 2.05) is 10.7 Å². The SMILES string of the molecule is Cc1cnc(S(=O)(=O)Cc2cc3n(n2)CCC3)[nH]1.